The maximum Gasteiger partial charge on any atom is 0.228 e. The Hall–Kier alpha value is -1.06. The number of nitrogens with zero attached hydrogens (tertiary/aromatic N) is 1. The summed E-state index contributed by atoms with van der Waals surface area (Å²) < 4.78 is 0. The quantitative estimate of drug-likeness (QED) is 0.926. The van der Waals surface area contributed by atoms with Crippen LogP contribution in [0.25, 0.3) is 0 Å². The first-order chi connectivity index (χ1) is 9.38. The van der Waals surface area contributed by atoms with Crippen LogP contribution < -0.4 is 10.2 Å². The van der Waals surface area contributed by atoms with Gasteiger partial charge in [0.05, 0.1) is 0 Å². The lowest BCUT2D eigenvalue weighted by atomic mass is 9.87. The second-order valence-electron chi connectivity index (χ2n) is 6.75. The van der Waals surface area contributed by atoms with Gasteiger partial charge < -0.3 is 10.2 Å². The van der Waals surface area contributed by atoms with E-state index >= 15 is 0 Å². The monoisotopic (exact) mass is 310 g/mol. The summed E-state index contributed by atoms with van der Waals surface area (Å²) in [5, 5.41) is 3.38. The van der Waals surface area contributed by atoms with Gasteiger partial charge in [-0.1, -0.05) is 32.9 Å². The van der Waals surface area contributed by atoms with Gasteiger partial charge in [0.15, 0.2) is 0 Å². The van der Waals surface area contributed by atoms with Crippen molar-refractivity contribution in [3.63, 3.8) is 0 Å². The van der Waals surface area contributed by atoms with E-state index in [2.05, 4.69) is 38.2 Å². The van der Waals surface area contributed by atoms with Crippen LogP contribution in [0, 0.1) is 0 Å². The van der Waals surface area contributed by atoms with Crippen LogP contribution in [0.1, 0.15) is 45.6 Å². The minimum atomic E-state index is 0. The van der Waals surface area contributed by atoms with Gasteiger partial charge in [0, 0.05) is 25.2 Å². The fraction of sp³-hybridized carbons (Fsp3) is 0.588. The molecule has 1 N–H and O–H groups in total. The van der Waals surface area contributed by atoms with Gasteiger partial charge in [-0.15, -0.1) is 12.4 Å². The molecule has 1 atom stereocenters. The molecule has 2 rings (SSSR count). The number of hydrogen-bond acceptors (Lipinski definition) is 2. The highest BCUT2D eigenvalue weighted by Gasteiger charge is 2.21. The molecule has 1 amide bonds. The number of carbonyl (C=O) groups excluding carboxylic acids is 1. The molecule has 1 unspecified atom stereocenters. The highest BCUT2D eigenvalue weighted by atomic mass is 35.5. The Morgan fingerprint density at radius 2 is 1.90 bits per heavy atom. The van der Waals surface area contributed by atoms with Crippen LogP contribution in [-0.2, 0) is 10.2 Å². The standard InChI is InChI=1S/C17H26N2O.ClH/c1-17(2,3)13-7-9-15(10-8-13)19(4)16(20)12-14-6-5-11-18-14;/h7-10,14,18H,5-6,11-12H2,1-4H3;1H. The van der Waals surface area contributed by atoms with Crippen LogP contribution in [0.3, 0.4) is 0 Å². The molecule has 0 radical (unpaired) electrons. The second kappa shape index (κ2) is 7.28. The number of amides is 1. The normalized spacial score (nSPS) is 18.2. The van der Waals surface area contributed by atoms with Gasteiger partial charge in [-0.2, -0.15) is 0 Å². The molecule has 1 fully saturated rings. The lowest BCUT2D eigenvalue weighted by Gasteiger charge is -2.22. The lowest BCUT2D eigenvalue weighted by Crippen LogP contribution is -2.33. The first-order valence-electron chi connectivity index (χ1n) is 7.48. The van der Waals surface area contributed by atoms with Crippen LogP contribution >= 0.6 is 12.4 Å². The zero-order valence-electron chi connectivity index (χ0n) is 13.5. The number of rotatable bonds is 3. The molecule has 3 nitrogen and oxygen atoms in total. The Morgan fingerprint density at radius 3 is 2.38 bits per heavy atom. The fourth-order valence-electron chi connectivity index (χ4n) is 2.61. The number of nitrogens with one attached hydrogen (secondary N) is 1. The van der Waals surface area contributed by atoms with E-state index in [0.29, 0.717) is 12.5 Å². The molecule has 4 heteroatoms. The molecule has 0 bridgehead atoms. The van der Waals surface area contributed by atoms with E-state index in [-0.39, 0.29) is 23.7 Å². The second-order valence-corrected chi connectivity index (χ2v) is 6.75. The average Bonchev–Trinajstić information content (AvgIpc) is 2.90. The van der Waals surface area contributed by atoms with Gasteiger partial charge in [-0.3, -0.25) is 4.79 Å². The molecular formula is C17H27ClN2O. The summed E-state index contributed by atoms with van der Waals surface area (Å²) in [4.78, 5) is 14.0. The Labute approximate surface area is 134 Å². The van der Waals surface area contributed by atoms with Crippen LogP contribution in [0.5, 0.6) is 0 Å². The molecule has 1 saturated heterocycles. The molecule has 21 heavy (non-hydrogen) atoms. The zero-order chi connectivity index (χ0) is 14.8. The summed E-state index contributed by atoms with van der Waals surface area (Å²) >= 11 is 0. The zero-order valence-corrected chi connectivity index (χ0v) is 14.3. The molecule has 1 aliphatic rings. The first kappa shape index (κ1) is 18.0. The highest BCUT2D eigenvalue weighted by molar-refractivity contribution is 5.93. The summed E-state index contributed by atoms with van der Waals surface area (Å²) in [6.45, 7) is 7.63. The smallest absolute Gasteiger partial charge is 0.228 e. The third kappa shape index (κ3) is 4.72. The number of carbonyl (C=O) groups is 1. The predicted octanol–water partition coefficient (Wildman–Crippen LogP) is 3.51. The van der Waals surface area contributed by atoms with Crippen molar-refractivity contribution in [2.24, 2.45) is 0 Å². The van der Waals surface area contributed by atoms with Crippen LogP contribution in [-0.4, -0.2) is 25.5 Å². The van der Waals surface area contributed by atoms with Gasteiger partial charge in [-0.25, -0.2) is 0 Å². The third-order valence-corrected chi connectivity index (χ3v) is 4.08. The van der Waals surface area contributed by atoms with Crippen molar-refractivity contribution < 1.29 is 4.79 Å². The van der Waals surface area contributed by atoms with Gasteiger partial charge >= 0.3 is 0 Å². The van der Waals surface area contributed by atoms with E-state index in [9.17, 15) is 4.79 Å². The summed E-state index contributed by atoms with van der Waals surface area (Å²) in [5.41, 5.74) is 2.41. The minimum absolute atomic E-state index is 0. The van der Waals surface area contributed by atoms with Crippen molar-refractivity contribution in [3.05, 3.63) is 29.8 Å². The molecular weight excluding hydrogens is 284 g/mol. The summed E-state index contributed by atoms with van der Waals surface area (Å²) in [6, 6.07) is 8.68. The summed E-state index contributed by atoms with van der Waals surface area (Å²) in [6.07, 6.45) is 2.89. The average molecular weight is 311 g/mol. The number of hydrogen-bond donors (Lipinski definition) is 1. The van der Waals surface area contributed by atoms with Crippen molar-refractivity contribution in [2.45, 2.75) is 51.5 Å². The van der Waals surface area contributed by atoms with Crippen LogP contribution in [0.15, 0.2) is 24.3 Å². The Morgan fingerprint density at radius 1 is 1.29 bits per heavy atom. The summed E-state index contributed by atoms with van der Waals surface area (Å²) in [7, 11) is 1.86. The Bertz CT molecular complexity index is 459. The number of halogens is 1. The van der Waals surface area contributed by atoms with Crippen LogP contribution in [0.2, 0.25) is 0 Å². The van der Waals surface area contributed by atoms with Gasteiger partial charge in [0.25, 0.3) is 0 Å². The van der Waals surface area contributed by atoms with Crippen molar-refractivity contribution in [1.82, 2.24) is 5.32 Å². The van der Waals surface area contributed by atoms with E-state index in [1.54, 1.807) is 4.90 Å². The van der Waals surface area contributed by atoms with Crippen molar-refractivity contribution in [3.8, 4) is 0 Å². The Balaban J connectivity index is 0.00000220. The van der Waals surface area contributed by atoms with E-state index in [0.717, 1.165) is 18.7 Å². The third-order valence-electron chi connectivity index (χ3n) is 4.08. The molecule has 0 aliphatic carbocycles. The minimum Gasteiger partial charge on any atom is -0.315 e. The maximum atomic E-state index is 12.3. The van der Waals surface area contributed by atoms with E-state index in [4.69, 9.17) is 0 Å². The van der Waals surface area contributed by atoms with Gasteiger partial charge in [-0.05, 0) is 42.5 Å². The first-order valence-corrected chi connectivity index (χ1v) is 7.48. The molecule has 1 aromatic rings. The number of anilines is 1. The predicted molar refractivity (Wildman–Crippen MR) is 91.4 cm³/mol. The largest absolute Gasteiger partial charge is 0.315 e. The molecule has 0 saturated carbocycles. The molecule has 0 aromatic heterocycles. The molecule has 1 aliphatic heterocycles. The van der Waals surface area contributed by atoms with Gasteiger partial charge in [0.2, 0.25) is 5.91 Å². The van der Waals surface area contributed by atoms with Crippen LogP contribution in [0.4, 0.5) is 5.69 Å². The molecule has 0 spiro atoms. The number of benzene rings is 1. The fourth-order valence-corrected chi connectivity index (χ4v) is 2.61. The maximum absolute atomic E-state index is 12.3. The Kier molecular flexibility index (Phi) is 6.24. The molecule has 1 aromatic carbocycles. The lowest BCUT2D eigenvalue weighted by molar-refractivity contribution is -0.118. The molecule has 1 heterocycles. The van der Waals surface area contributed by atoms with Gasteiger partial charge in [0.1, 0.15) is 0 Å². The topological polar surface area (TPSA) is 32.3 Å². The van der Waals surface area contributed by atoms with E-state index in [1.165, 1.54) is 12.0 Å². The molecule has 118 valence electrons. The highest BCUT2D eigenvalue weighted by Crippen LogP contribution is 2.25. The summed E-state index contributed by atoms with van der Waals surface area (Å²) in [5.74, 6) is 0.188. The van der Waals surface area contributed by atoms with E-state index < -0.39 is 0 Å². The van der Waals surface area contributed by atoms with Crippen molar-refractivity contribution in [2.75, 3.05) is 18.5 Å². The SMILES string of the molecule is CN(C(=O)CC1CCCN1)c1ccc(C(C)(C)C)cc1.Cl. The van der Waals surface area contributed by atoms with E-state index in [1.807, 2.05) is 19.2 Å². The van der Waals surface area contributed by atoms with Crippen molar-refractivity contribution >= 4 is 24.0 Å². The van der Waals surface area contributed by atoms with Crippen molar-refractivity contribution in [1.29, 1.82) is 0 Å².